The first-order valence-corrected chi connectivity index (χ1v) is 9.03. The van der Waals surface area contributed by atoms with Crippen LogP contribution in [0.3, 0.4) is 0 Å². The topological polar surface area (TPSA) is 92.1 Å². The zero-order valence-corrected chi connectivity index (χ0v) is 15.8. The van der Waals surface area contributed by atoms with E-state index in [4.69, 9.17) is 5.11 Å². The number of anilines is 1. The summed E-state index contributed by atoms with van der Waals surface area (Å²) in [6.07, 6.45) is 1.57. The lowest BCUT2D eigenvalue weighted by Crippen LogP contribution is -2.56. The van der Waals surface area contributed by atoms with Gasteiger partial charge in [-0.15, -0.1) is 10.2 Å². The van der Waals surface area contributed by atoms with Gasteiger partial charge in [0.1, 0.15) is 29.2 Å². The van der Waals surface area contributed by atoms with Crippen molar-refractivity contribution in [2.45, 2.75) is 24.6 Å². The maximum Gasteiger partial charge on any atom is 0.335 e. The van der Waals surface area contributed by atoms with Crippen LogP contribution in [-0.2, 0) is 5.54 Å². The fourth-order valence-corrected chi connectivity index (χ4v) is 3.62. The van der Waals surface area contributed by atoms with Gasteiger partial charge in [-0.1, -0.05) is 0 Å². The van der Waals surface area contributed by atoms with E-state index in [1.54, 1.807) is 7.05 Å². The molecule has 1 N–H and O–H groups in total. The van der Waals surface area contributed by atoms with Gasteiger partial charge in [-0.3, -0.25) is 4.98 Å². The first-order valence-electron chi connectivity index (χ1n) is 9.03. The van der Waals surface area contributed by atoms with E-state index in [-0.39, 0.29) is 41.3 Å². The number of rotatable bonds is 5. The molecule has 2 heterocycles. The number of benzene rings is 1. The molecule has 0 bridgehead atoms. The van der Waals surface area contributed by atoms with Crippen LogP contribution in [0.1, 0.15) is 28.9 Å². The molecular weight excluding hydrogens is 399 g/mol. The second-order valence-corrected chi connectivity index (χ2v) is 7.07. The molecule has 7 nitrogen and oxygen atoms in total. The van der Waals surface area contributed by atoms with Crippen LogP contribution in [0, 0.1) is 11.6 Å². The summed E-state index contributed by atoms with van der Waals surface area (Å²) in [7, 11) is 1.59. The van der Waals surface area contributed by atoms with Crippen LogP contribution in [0.25, 0.3) is 11.3 Å². The van der Waals surface area contributed by atoms with Crippen molar-refractivity contribution in [2.75, 3.05) is 11.9 Å². The van der Waals surface area contributed by atoms with E-state index in [1.807, 2.05) is 0 Å². The van der Waals surface area contributed by atoms with E-state index < -0.39 is 29.3 Å². The summed E-state index contributed by atoms with van der Waals surface area (Å²) in [5.74, 6) is -2.37. The van der Waals surface area contributed by atoms with Crippen molar-refractivity contribution >= 4 is 11.9 Å². The lowest BCUT2D eigenvalue weighted by molar-refractivity contribution is 0.0696. The van der Waals surface area contributed by atoms with E-state index >= 15 is 0 Å². The van der Waals surface area contributed by atoms with Crippen molar-refractivity contribution in [3.05, 3.63) is 65.6 Å². The molecule has 1 aromatic carbocycles. The summed E-state index contributed by atoms with van der Waals surface area (Å²) in [5.41, 5.74) is -1.12. The standard InChI is InChI=1S/C20H16F3N5O2/c1-28(20(8-12(21)9-20)17-15(23)3-2-6-24-17)19-25-10-16(26-27-19)13-7-11(18(29)30)4-5-14(13)22/h2-7,10,12H,8-9H2,1H3,(H,29,30). The molecule has 0 amide bonds. The maximum absolute atomic E-state index is 14.4. The Hall–Kier alpha value is -3.56. The fraction of sp³-hybridized carbons (Fsp3) is 0.250. The smallest absolute Gasteiger partial charge is 0.335 e. The van der Waals surface area contributed by atoms with Gasteiger partial charge in [0.25, 0.3) is 0 Å². The van der Waals surface area contributed by atoms with Crippen molar-refractivity contribution < 1.29 is 23.1 Å². The Bertz CT molecular complexity index is 1100. The molecule has 0 radical (unpaired) electrons. The van der Waals surface area contributed by atoms with E-state index in [9.17, 15) is 18.0 Å². The summed E-state index contributed by atoms with van der Waals surface area (Å²) < 4.78 is 42.3. The summed E-state index contributed by atoms with van der Waals surface area (Å²) in [5, 5.41) is 17.0. The molecule has 0 unspecified atom stereocenters. The predicted octanol–water partition coefficient (Wildman–Crippen LogP) is 3.37. The highest BCUT2D eigenvalue weighted by Gasteiger charge is 2.52. The number of carbonyl (C=O) groups is 1. The lowest BCUT2D eigenvalue weighted by atomic mass is 9.71. The highest BCUT2D eigenvalue weighted by atomic mass is 19.1. The van der Waals surface area contributed by atoms with Gasteiger partial charge >= 0.3 is 5.97 Å². The van der Waals surface area contributed by atoms with Crippen molar-refractivity contribution in [3.8, 4) is 11.3 Å². The number of carboxylic acids is 1. The third kappa shape index (κ3) is 3.23. The zero-order chi connectivity index (χ0) is 21.5. The van der Waals surface area contributed by atoms with Crippen molar-refractivity contribution in [2.24, 2.45) is 0 Å². The van der Waals surface area contributed by atoms with E-state index in [0.29, 0.717) is 0 Å². The van der Waals surface area contributed by atoms with Gasteiger partial charge in [0.05, 0.1) is 17.3 Å². The van der Waals surface area contributed by atoms with Gasteiger partial charge in [-0.25, -0.2) is 22.9 Å². The second-order valence-electron chi connectivity index (χ2n) is 7.07. The minimum atomic E-state index is -1.21. The molecule has 1 aliphatic rings. The van der Waals surface area contributed by atoms with Crippen LogP contribution in [0.2, 0.25) is 0 Å². The average Bonchev–Trinajstić information content (AvgIpc) is 2.71. The van der Waals surface area contributed by atoms with Crippen LogP contribution in [-0.4, -0.2) is 44.5 Å². The molecule has 0 saturated heterocycles. The Kier molecular flexibility index (Phi) is 4.84. The molecule has 3 aromatic rings. The molecule has 30 heavy (non-hydrogen) atoms. The maximum atomic E-state index is 14.4. The summed E-state index contributed by atoms with van der Waals surface area (Å²) >= 11 is 0. The number of pyridine rings is 1. The number of carboxylic acid groups (broad SMARTS) is 1. The first-order chi connectivity index (χ1) is 14.3. The number of alkyl halides is 1. The Morgan fingerprint density at radius 1 is 1.17 bits per heavy atom. The predicted molar refractivity (Wildman–Crippen MR) is 101 cm³/mol. The van der Waals surface area contributed by atoms with E-state index in [0.717, 1.165) is 18.2 Å². The van der Waals surface area contributed by atoms with Crippen LogP contribution in [0.4, 0.5) is 19.1 Å². The minimum Gasteiger partial charge on any atom is -0.478 e. The Balaban J connectivity index is 1.68. The number of hydrogen-bond donors (Lipinski definition) is 1. The number of nitrogens with zero attached hydrogens (tertiary/aromatic N) is 5. The van der Waals surface area contributed by atoms with Gasteiger partial charge in [0.2, 0.25) is 5.95 Å². The summed E-state index contributed by atoms with van der Waals surface area (Å²) in [6.45, 7) is 0. The molecule has 4 rings (SSSR count). The third-order valence-electron chi connectivity index (χ3n) is 5.30. The number of halogens is 3. The summed E-state index contributed by atoms with van der Waals surface area (Å²) in [6, 6.07) is 6.00. The Morgan fingerprint density at radius 3 is 2.53 bits per heavy atom. The van der Waals surface area contributed by atoms with Crippen LogP contribution < -0.4 is 4.90 Å². The van der Waals surface area contributed by atoms with Gasteiger partial charge in [0, 0.05) is 31.6 Å². The van der Waals surface area contributed by atoms with Crippen molar-refractivity contribution in [3.63, 3.8) is 0 Å². The zero-order valence-electron chi connectivity index (χ0n) is 15.8. The van der Waals surface area contributed by atoms with Crippen molar-refractivity contribution in [1.29, 1.82) is 0 Å². The molecule has 0 spiro atoms. The van der Waals surface area contributed by atoms with Gasteiger partial charge in [0.15, 0.2) is 0 Å². The van der Waals surface area contributed by atoms with Crippen LogP contribution in [0.5, 0.6) is 0 Å². The molecule has 154 valence electrons. The second kappa shape index (κ2) is 7.36. The monoisotopic (exact) mass is 415 g/mol. The molecule has 1 aliphatic carbocycles. The van der Waals surface area contributed by atoms with E-state index in [1.165, 1.54) is 29.4 Å². The third-order valence-corrected chi connectivity index (χ3v) is 5.30. The quantitative estimate of drug-likeness (QED) is 0.683. The minimum absolute atomic E-state index is 0.0117. The molecule has 0 aliphatic heterocycles. The van der Waals surface area contributed by atoms with E-state index in [2.05, 4.69) is 20.2 Å². The highest BCUT2D eigenvalue weighted by Crippen LogP contribution is 2.48. The molecule has 1 fully saturated rings. The summed E-state index contributed by atoms with van der Waals surface area (Å²) in [4.78, 5) is 20.9. The fourth-order valence-electron chi connectivity index (χ4n) is 3.62. The number of aromatic nitrogens is 4. The molecule has 2 aromatic heterocycles. The van der Waals surface area contributed by atoms with Crippen LogP contribution >= 0.6 is 0 Å². The Morgan fingerprint density at radius 2 is 1.93 bits per heavy atom. The van der Waals surface area contributed by atoms with Gasteiger partial charge < -0.3 is 10.0 Å². The normalized spacial score (nSPS) is 20.5. The lowest BCUT2D eigenvalue weighted by Gasteiger charge is -2.49. The Labute approximate surface area is 169 Å². The van der Waals surface area contributed by atoms with Crippen LogP contribution in [0.15, 0.2) is 42.7 Å². The van der Waals surface area contributed by atoms with Crippen molar-refractivity contribution in [1.82, 2.24) is 20.2 Å². The molecule has 1 saturated carbocycles. The number of aromatic carboxylic acids is 1. The first kappa shape index (κ1) is 19.7. The van der Waals surface area contributed by atoms with Gasteiger partial charge in [-0.05, 0) is 30.3 Å². The molecular formula is C20H16F3N5O2. The SMILES string of the molecule is CN(c1ncc(-c2cc(C(=O)O)ccc2F)nn1)C1(c2ncccc2F)CC(F)C1. The van der Waals surface area contributed by atoms with Gasteiger partial charge in [-0.2, -0.15) is 0 Å². The highest BCUT2D eigenvalue weighted by molar-refractivity contribution is 5.89. The molecule has 0 atom stereocenters. The average molecular weight is 415 g/mol. The molecule has 10 heteroatoms. The number of hydrogen-bond acceptors (Lipinski definition) is 6. The largest absolute Gasteiger partial charge is 0.478 e.